The first kappa shape index (κ1) is 22.1. The van der Waals surface area contributed by atoms with E-state index >= 15 is 0 Å². The lowest BCUT2D eigenvalue weighted by Crippen LogP contribution is -2.52. The Hall–Kier alpha value is -4.34. The van der Waals surface area contributed by atoms with Gasteiger partial charge in [-0.2, -0.15) is 4.90 Å². The Morgan fingerprint density at radius 2 is 1.92 bits per heavy atom. The maximum absolute atomic E-state index is 13.6. The van der Waals surface area contributed by atoms with Gasteiger partial charge in [-0.25, -0.2) is 19.2 Å². The van der Waals surface area contributed by atoms with E-state index in [1.54, 1.807) is 23.9 Å². The second-order valence-corrected chi connectivity index (χ2v) is 9.31. The predicted octanol–water partition coefficient (Wildman–Crippen LogP) is 3.15. The van der Waals surface area contributed by atoms with E-state index in [9.17, 15) is 14.8 Å². The van der Waals surface area contributed by atoms with Gasteiger partial charge in [0.15, 0.2) is 5.56 Å². The van der Waals surface area contributed by atoms with Crippen LogP contribution in [0.5, 0.6) is 0 Å². The number of amides is 1. The van der Waals surface area contributed by atoms with Crippen LogP contribution in [-0.2, 0) is 11.3 Å². The van der Waals surface area contributed by atoms with Gasteiger partial charge in [0.1, 0.15) is 17.9 Å². The monoisotopic (exact) mass is 486 g/mol. The number of hydroxylamine groups is 1. The van der Waals surface area contributed by atoms with Gasteiger partial charge in [-0.1, -0.05) is 30.3 Å². The first-order valence-electron chi connectivity index (χ1n) is 12.0. The molecule has 0 unspecified atom stereocenters. The molecule has 2 aliphatic heterocycles. The number of benzene rings is 2. The number of methoxy groups -OCH3 is 1. The second kappa shape index (κ2) is 8.40. The SMILES string of the molecule is COC(=O)c1ccc(Cn2nc3c(c2Nc2ccccc2)C(=O)N(C)C2=[N+]([O-])[C@@H]4CCC[C@@H]4N23)cc1. The molecule has 2 aromatic carbocycles. The topological polar surface area (TPSA) is 106 Å². The van der Waals surface area contributed by atoms with Crippen molar-refractivity contribution >= 4 is 35.2 Å². The Labute approximate surface area is 208 Å². The van der Waals surface area contributed by atoms with Crippen LogP contribution >= 0.6 is 0 Å². The van der Waals surface area contributed by atoms with E-state index < -0.39 is 5.97 Å². The normalized spacial score (nSPS) is 20.3. The lowest BCUT2D eigenvalue weighted by molar-refractivity contribution is -0.495. The quantitative estimate of drug-likeness (QED) is 0.335. The van der Waals surface area contributed by atoms with Gasteiger partial charge in [-0.3, -0.25) is 4.74 Å². The average Bonchev–Trinajstić information content (AvgIpc) is 3.58. The van der Waals surface area contributed by atoms with Crippen molar-refractivity contribution in [3.05, 3.63) is 76.5 Å². The number of nitrogens with one attached hydrogen (secondary N) is 1. The number of aromatic nitrogens is 2. The zero-order chi connectivity index (χ0) is 25.0. The van der Waals surface area contributed by atoms with E-state index in [0.29, 0.717) is 35.3 Å². The zero-order valence-electron chi connectivity index (χ0n) is 20.0. The number of hydrogen-bond acceptors (Lipinski definition) is 7. The highest BCUT2D eigenvalue weighted by Crippen LogP contribution is 2.42. The molecule has 1 fully saturated rings. The van der Waals surface area contributed by atoms with Crippen LogP contribution in [0.15, 0.2) is 54.6 Å². The minimum Gasteiger partial charge on any atom is -0.744 e. The largest absolute Gasteiger partial charge is 0.744 e. The Kier molecular flexibility index (Phi) is 5.17. The molecule has 0 bridgehead atoms. The van der Waals surface area contributed by atoms with Crippen molar-refractivity contribution in [2.24, 2.45) is 0 Å². The van der Waals surface area contributed by atoms with Gasteiger partial charge in [0, 0.05) is 5.69 Å². The highest BCUT2D eigenvalue weighted by atomic mass is 16.5. The van der Waals surface area contributed by atoms with Crippen LogP contribution in [0.25, 0.3) is 0 Å². The van der Waals surface area contributed by atoms with Crippen molar-refractivity contribution in [3.8, 4) is 0 Å². The number of guanidine groups is 1. The molecule has 2 atom stereocenters. The standard InChI is InChI=1S/C26H26N6O4/c1-29-24(33)21-22(27-18-7-4-3-5-8-18)30(15-16-11-13-17(14-12-16)25(34)36-2)28-23(21)31-19-9-6-10-20(19)32(35)26(29)31/h3-5,7-8,11-14,19-20,27H,6,9-10,15H2,1-2H3/t19-,20+/m0/s1. The van der Waals surface area contributed by atoms with Gasteiger partial charge in [-0.15, -0.1) is 5.10 Å². The third kappa shape index (κ3) is 3.32. The summed E-state index contributed by atoms with van der Waals surface area (Å²) < 4.78 is 7.55. The molecule has 6 rings (SSSR count). The van der Waals surface area contributed by atoms with Crippen molar-refractivity contribution in [1.82, 2.24) is 14.7 Å². The average molecular weight is 487 g/mol. The van der Waals surface area contributed by atoms with Crippen LogP contribution in [0.1, 0.15) is 45.5 Å². The summed E-state index contributed by atoms with van der Waals surface area (Å²) in [5.41, 5.74) is 2.62. The number of carbonyl (C=O) groups excluding carboxylic acids is 2. The number of nitrogens with zero attached hydrogens (tertiary/aromatic N) is 5. The van der Waals surface area contributed by atoms with Crippen LogP contribution in [0.4, 0.5) is 17.3 Å². The molecule has 36 heavy (non-hydrogen) atoms. The van der Waals surface area contributed by atoms with Crippen molar-refractivity contribution in [3.63, 3.8) is 0 Å². The summed E-state index contributed by atoms with van der Waals surface area (Å²) in [6, 6.07) is 16.5. The van der Waals surface area contributed by atoms with Crippen LogP contribution in [0.3, 0.4) is 0 Å². The lowest BCUT2D eigenvalue weighted by Gasteiger charge is -2.27. The Balaban J connectivity index is 1.46. The van der Waals surface area contributed by atoms with Crippen molar-refractivity contribution in [2.75, 3.05) is 24.4 Å². The fourth-order valence-electron chi connectivity index (χ4n) is 5.47. The fraction of sp³-hybridized carbons (Fsp3) is 0.308. The van der Waals surface area contributed by atoms with E-state index in [4.69, 9.17) is 9.84 Å². The number of hydrogen-bond donors (Lipinski definition) is 1. The first-order valence-corrected chi connectivity index (χ1v) is 12.0. The van der Waals surface area contributed by atoms with Crippen molar-refractivity contribution in [2.45, 2.75) is 37.9 Å². The molecule has 3 aromatic rings. The van der Waals surface area contributed by atoms with E-state index in [-0.39, 0.29) is 18.0 Å². The fourth-order valence-corrected chi connectivity index (χ4v) is 5.47. The third-order valence-corrected chi connectivity index (χ3v) is 7.21. The second-order valence-electron chi connectivity index (χ2n) is 9.31. The zero-order valence-corrected chi connectivity index (χ0v) is 20.0. The molecule has 3 heterocycles. The summed E-state index contributed by atoms with van der Waals surface area (Å²) in [4.78, 5) is 28.9. The van der Waals surface area contributed by atoms with E-state index in [1.807, 2.05) is 47.4 Å². The minimum atomic E-state index is -0.401. The number of para-hydroxylation sites is 1. The molecule has 0 radical (unpaired) electrons. The maximum atomic E-state index is 13.6. The number of fused-ring (bicyclic) bond motifs is 5. The summed E-state index contributed by atoms with van der Waals surface area (Å²) in [6.07, 6.45) is 2.64. The Morgan fingerprint density at radius 1 is 1.17 bits per heavy atom. The molecule has 1 aromatic heterocycles. The molecular formula is C26H26N6O4. The number of rotatable bonds is 5. The lowest BCUT2D eigenvalue weighted by atomic mass is 10.1. The van der Waals surface area contributed by atoms with Gasteiger partial charge in [0.2, 0.25) is 5.82 Å². The molecule has 1 amide bonds. The smallest absolute Gasteiger partial charge is 0.365 e. The highest BCUT2D eigenvalue weighted by Gasteiger charge is 2.56. The minimum absolute atomic E-state index is 0.0148. The van der Waals surface area contributed by atoms with Gasteiger partial charge in [0.25, 0.3) is 0 Å². The molecule has 0 spiro atoms. The van der Waals surface area contributed by atoms with Crippen LogP contribution in [0, 0.1) is 5.21 Å². The Morgan fingerprint density at radius 3 is 2.64 bits per heavy atom. The van der Waals surface area contributed by atoms with Gasteiger partial charge < -0.3 is 15.3 Å². The summed E-state index contributed by atoms with van der Waals surface area (Å²) in [6.45, 7) is 0.360. The van der Waals surface area contributed by atoms with Crippen molar-refractivity contribution < 1.29 is 19.1 Å². The molecule has 3 aliphatic rings. The Bertz CT molecular complexity index is 1380. The molecule has 10 heteroatoms. The third-order valence-electron chi connectivity index (χ3n) is 7.21. The summed E-state index contributed by atoms with van der Waals surface area (Å²) in [5.74, 6) is 0.737. The highest BCUT2D eigenvalue weighted by molar-refractivity contribution is 6.19. The molecule has 10 nitrogen and oxygen atoms in total. The van der Waals surface area contributed by atoms with Gasteiger partial charge >= 0.3 is 17.8 Å². The molecular weight excluding hydrogens is 460 g/mol. The number of ether oxygens (including phenoxy) is 1. The van der Waals surface area contributed by atoms with Crippen molar-refractivity contribution in [1.29, 1.82) is 0 Å². The number of carbonyl (C=O) groups is 2. The summed E-state index contributed by atoms with van der Waals surface area (Å²) in [5, 5.41) is 21.4. The molecule has 1 aliphatic carbocycles. The number of esters is 1. The molecule has 1 saturated carbocycles. The van der Waals surface area contributed by atoms with Crippen LogP contribution in [-0.4, -0.2) is 63.5 Å². The predicted molar refractivity (Wildman–Crippen MR) is 133 cm³/mol. The summed E-state index contributed by atoms with van der Waals surface area (Å²) in [7, 11) is 3.00. The number of anilines is 3. The van der Waals surface area contributed by atoms with E-state index in [1.165, 1.54) is 12.0 Å². The van der Waals surface area contributed by atoms with Crippen LogP contribution < -0.4 is 10.2 Å². The van der Waals surface area contributed by atoms with E-state index in [0.717, 1.165) is 35.3 Å². The molecule has 0 saturated heterocycles. The molecule has 1 N–H and O–H groups in total. The van der Waals surface area contributed by atoms with Crippen LogP contribution in [0.2, 0.25) is 0 Å². The maximum Gasteiger partial charge on any atom is 0.365 e. The van der Waals surface area contributed by atoms with Gasteiger partial charge in [-0.05, 0) is 49.1 Å². The first-order chi connectivity index (χ1) is 17.5. The van der Waals surface area contributed by atoms with Gasteiger partial charge in [0.05, 0.1) is 26.3 Å². The van der Waals surface area contributed by atoms with E-state index in [2.05, 4.69) is 5.32 Å². The molecule has 184 valence electrons. The summed E-state index contributed by atoms with van der Waals surface area (Å²) >= 11 is 0.